The molecule has 2 saturated heterocycles. The number of halogens is 1. The molecular formula is C20H31ClN2O2. The largest absolute Gasteiger partial charge is 0.378 e. The number of rotatable bonds is 4. The summed E-state index contributed by atoms with van der Waals surface area (Å²) in [6.07, 6.45) is 2.21. The van der Waals surface area contributed by atoms with E-state index in [0.717, 1.165) is 45.6 Å². The van der Waals surface area contributed by atoms with Gasteiger partial charge >= 0.3 is 0 Å². The highest BCUT2D eigenvalue weighted by Gasteiger charge is 2.40. The van der Waals surface area contributed by atoms with Crippen molar-refractivity contribution >= 4 is 18.3 Å². The van der Waals surface area contributed by atoms with E-state index in [-0.39, 0.29) is 17.8 Å². The number of amides is 1. The Kier molecular flexibility index (Phi) is 7.29. The first-order valence-corrected chi connectivity index (χ1v) is 9.21. The van der Waals surface area contributed by atoms with Crippen LogP contribution in [-0.2, 0) is 16.1 Å². The Morgan fingerprint density at radius 1 is 1.08 bits per heavy atom. The van der Waals surface area contributed by atoms with Gasteiger partial charge in [0, 0.05) is 25.0 Å². The van der Waals surface area contributed by atoms with Crippen LogP contribution >= 0.6 is 12.4 Å². The van der Waals surface area contributed by atoms with Crippen molar-refractivity contribution in [3.63, 3.8) is 0 Å². The Morgan fingerprint density at radius 2 is 1.68 bits per heavy atom. The molecule has 0 atom stereocenters. The summed E-state index contributed by atoms with van der Waals surface area (Å²) in [6.45, 7) is 10.3. The minimum atomic E-state index is -0.268. The van der Waals surface area contributed by atoms with Crippen LogP contribution in [-0.4, -0.2) is 55.1 Å². The second-order valence-electron chi connectivity index (χ2n) is 7.66. The van der Waals surface area contributed by atoms with Crippen molar-refractivity contribution in [1.29, 1.82) is 0 Å². The number of benzene rings is 1. The third kappa shape index (κ3) is 4.96. The third-order valence-corrected chi connectivity index (χ3v) is 5.71. The number of nitrogens with zero attached hydrogens (tertiary/aromatic N) is 2. The fraction of sp³-hybridized carbons (Fsp3) is 0.650. The Balaban J connectivity index is 0.00000225. The topological polar surface area (TPSA) is 32.8 Å². The number of likely N-dealkylation sites (tertiary alicyclic amines) is 1. The molecule has 25 heavy (non-hydrogen) atoms. The van der Waals surface area contributed by atoms with Crippen molar-refractivity contribution in [3.8, 4) is 0 Å². The predicted octanol–water partition coefficient (Wildman–Crippen LogP) is 3.21. The van der Waals surface area contributed by atoms with Crippen molar-refractivity contribution in [1.82, 2.24) is 9.80 Å². The van der Waals surface area contributed by atoms with E-state index in [1.165, 1.54) is 5.56 Å². The van der Waals surface area contributed by atoms with Crippen molar-refractivity contribution in [2.45, 2.75) is 33.2 Å². The quantitative estimate of drug-likeness (QED) is 0.820. The highest BCUT2D eigenvalue weighted by molar-refractivity contribution is 5.85. The zero-order valence-corrected chi connectivity index (χ0v) is 16.3. The molecule has 0 aromatic heterocycles. The van der Waals surface area contributed by atoms with Gasteiger partial charge in [0.1, 0.15) is 0 Å². The van der Waals surface area contributed by atoms with Crippen LogP contribution in [0.3, 0.4) is 0 Å². The zero-order chi connectivity index (χ0) is 17.0. The summed E-state index contributed by atoms with van der Waals surface area (Å²) in [6, 6.07) is 10.7. The lowest BCUT2D eigenvalue weighted by Crippen LogP contribution is -2.51. The monoisotopic (exact) mass is 366 g/mol. The van der Waals surface area contributed by atoms with E-state index in [2.05, 4.69) is 49.1 Å². The fourth-order valence-corrected chi connectivity index (χ4v) is 4.00. The SMILES string of the molecule is CC(C)(C(=O)N1CCOCC1)C1CCN(Cc2ccccc2)CC1.Cl. The van der Waals surface area contributed by atoms with Crippen LogP contribution in [0, 0.1) is 11.3 Å². The lowest BCUT2D eigenvalue weighted by Gasteiger charge is -2.42. The second-order valence-corrected chi connectivity index (χ2v) is 7.66. The van der Waals surface area contributed by atoms with Gasteiger partial charge in [-0.1, -0.05) is 44.2 Å². The molecule has 2 heterocycles. The molecule has 0 aliphatic carbocycles. The molecule has 1 aromatic rings. The van der Waals surface area contributed by atoms with Crippen LogP contribution in [0.25, 0.3) is 0 Å². The molecule has 0 bridgehead atoms. The molecule has 2 fully saturated rings. The molecule has 0 unspecified atom stereocenters. The summed E-state index contributed by atoms with van der Waals surface area (Å²) in [5.41, 5.74) is 1.11. The lowest BCUT2D eigenvalue weighted by molar-refractivity contribution is -0.148. The molecule has 2 aliphatic rings. The number of carbonyl (C=O) groups excluding carboxylic acids is 1. The summed E-state index contributed by atoms with van der Waals surface area (Å²) in [4.78, 5) is 17.5. The van der Waals surface area contributed by atoms with E-state index in [9.17, 15) is 4.79 Å². The van der Waals surface area contributed by atoms with Crippen LogP contribution < -0.4 is 0 Å². The van der Waals surface area contributed by atoms with Gasteiger partial charge in [-0.2, -0.15) is 0 Å². The predicted molar refractivity (Wildman–Crippen MR) is 103 cm³/mol. The molecule has 0 saturated carbocycles. The molecule has 5 heteroatoms. The maximum absolute atomic E-state index is 12.9. The standard InChI is InChI=1S/C20H30N2O2.ClH/c1-20(2,19(23)22-12-14-24-15-13-22)18-8-10-21(11-9-18)16-17-6-4-3-5-7-17;/h3-7,18H,8-16H2,1-2H3;1H. The van der Waals surface area contributed by atoms with Gasteiger partial charge in [0.15, 0.2) is 0 Å². The Bertz CT molecular complexity index is 536. The van der Waals surface area contributed by atoms with Crippen LogP contribution in [0.4, 0.5) is 0 Å². The highest BCUT2D eigenvalue weighted by Crippen LogP contribution is 2.37. The van der Waals surface area contributed by atoms with E-state index in [0.29, 0.717) is 25.0 Å². The molecule has 0 spiro atoms. The Labute approximate surface area is 157 Å². The summed E-state index contributed by atoms with van der Waals surface area (Å²) in [5.74, 6) is 0.784. The maximum atomic E-state index is 12.9. The first-order chi connectivity index (χ1) is 11.6. The summed E-state index contributed by atoms with van der Waals surface area (Å²) >= 11 is 0. The van der Waals surface area contributed by atoms with Gasteiger partial charge < -0.3 is 9.64 Å². The Hall–Kier alpha value is -1.10. The number of piperidine rings is 1. The van der Waals surface area contributed by atoms with Gasteiger partial charge in [0.05, 0.1) is 13.2 Å². The summed E-state index contributed by atoms with van der Waals surface area (Å²) < 4.78 is 5.38. The summed E-state index contributed by atoms with van der Waals surface area (Å²) in [7, 11) is 0. The van der Waals surface area contributed by atoms with Crippen molar-refractivity contribution in [2.24, 2.45) is 11.3 Å². The van der Waals surface area contributed by atoms with Gasteiger partial charge in [0.2, 0.25) is 5.91 Å². The molecule has 3 rings (SSSR count). The van der Waals surface area contributed by atoms with Crippen LogP contribution in [0.2, 0.25) is 0 Å². The first kappa shape index (κ1) is 20.2. The molecule has 0 radical (unpaired) electrons. The lowest BCUT2D eigenvalue weighted by atomic mass is 9.72. The summed E-state index contributed by atoms with van der Waals surface area (Å²) in [5, 5.41) is 0. The van der Waals surface area contributed by atoms with Crippen molar-refractivity contribution < 1.29 is 9.53 Å². The molecule has 140 valence electrons. The van der Waals surface area contributed by atoms with Gasteiger partial charge in [0.25, 0.3) is 0 Å². The molecular weight excluding hydrogens is 336 g/mol. The zero-order valence-electron chi connectivity index (χ0n) is 15.4. The average molecular weight is 367 g/mol. The average Bonchev–Trinajstić information content (AvgIpc) is 2.63. The van der Waals surface area contributed by atoms with E-state index < -0.39 is 0 Å². The minimum Gasteiger partial charge on any atom is -0.378 e. The second kappa shape index (κ2) is 9.02. The maximum Gasteiger partial charge on any atom is 0.228 e. The number of carbonyl (C=O) groups is 1. The van der Waals surface area contributed by atoms with Crippen molar-refractivity contribution in [3.05, 3.63) is 35.9 Å². The van der Waals surface area contributed by atoms with Gasteiger partial charge in [-0.25, -0.2) is 0 Å². The van der Waals surface area contributed by atoms with E-state index in [1.54, 1.807) is 0 Å². The fourth-order valence-electron chi connectivity index (χ4n) is 4.00. The number of hydrogen-bond donors (Lipinski definition) is 0. The molecule has 2 aliphatic heterocycles. The molecule has 1 aromatic carbocycles. The number of morpholine rings is 1. The van der Waals surface area contributed by atoms with E-state index in [1.807, 2.05) is 4.90 Å². The van der Waals surface area contributed by atoms with Gasteiger partial charge in [-0.15, -0.1) is 12.4 Å². The van der Waals surface area contributed by atoms with E-state index >= 15 is 0 Å². The van der Waals surface area contributed by atoms with Gasteiger partial charge in [-0.05, 0) is 37.4 Å². The van der Waals surface area contributed by atoms with Crippen molar-refractivity contribution in [2.75, 3.05) is 39.4 Å². The minimum absolute atomic E-state index is 0. The van der Waals surface area contributed by atoms with Crippen LogP contribution in [0.15, 0.2) is 30.3 Å². The Morgan fingerprint density at radius 3 is 2.28 bits per heavy atom. The molecule has 0 N–H and O–H groups in total. The van der Waals surface area contributed by atoms with Gasteiger partial charge in [-0.3, -0.25) is 9.69 Å². The normalized spacial score (nSPS) is 20.2. The van der Waals surface area contributed by atoms with E-state index in [4.69, 9.17) is 4.74 Å². The third-order valence-electron chi connectivity index (χ3n) is 5.71. The number of ether oxygens (including phenoxy) is 1. The smallest absolute Gasteiger partial charge is 0.228 e. The molecule has 1 amide bonds. The number of hydrogen-bond acceptors (Lipinski definition) is 3. The van der Waals surface area contributed by atoms with Crippen LogP contribution in [0.1, 0.15) is 32.3 Å². The van der Waals surface area contributed by atoms with Crippen LogP contribution in [0.5, 0.6) is 0 Å². The molecule has 4 nitrogen and oxygen atoms in total. The first-order valence-electron chi connectivity index (χ1n) is 9.21. The highest BCUT2D eigenvalue weighted by atomic mass is 35.5.